The van der Waals surface area contributed by atoms with Gasteiger partial charge in [0.2, 0.25) is 5.89 Å². The highest BCUT2D eigenvalue weighted by atomic mass is 35.5. The lowest BCUT2D eigenvalue weighted by atomic mass is 9.96. The van der Waals surface area contributed by atoms with Crippen LogP contribution in [-0.2, 0) is 11.2 Å². The third-order valence-corrected chi connectivity index (χ3v) is 7.22. The third kappa shape index (κ3) is 4.93. The van der Waals surface area contributed by atoms with Gasteiger partial charge in [0.1, 0.15) is 23.5 Å². The van der Waals surface area contributed by atoms with Crippen molar-refractivity contribution in [3.63, 3.8) is 0 Å². The average molecular weight is 471 g/mol. The van der Waals surface area contributed by atoms with Gasteiger partial charge in [-0.15, -0.1) is 10.2 Å². The Balaban J connectivity index is 1.30. The van der Waals surface area contributed by atoms with E-state index in [-0.39, 0.29) is 6.10 Å². The molecule has 3 aliphatic heterocycles. The van der Waals surface area contributed by atoms with E-state index >= 15 is 0 Å². The number of likely N-dealkylation sites (tertiary alicyclic amines) is 1. The molecule has 0 radical (unpaired) electrons. The van der Waals surface area contributed by atoms with E-state index in [2.05, 4.69) is 37.1 Å². The first-order chi connectivity index (χ1) is 16.0. The molecule has 1 aromatic carbocycles. The van der Waals surface area contributed by atoms with Crippen LogP contribution < -0.4 is 5.73 Å². The van der Waals surface area contributed by atoms with Crippen LogP contribution in [0.5, 0.6) is 0 Å². The van der Waals surface area contributed by atoms with Crippen molar-refractivity contribution in [2.24, 2.45) is 15.9 Å². The molecule has 5 rings (SSSR count). The van der Waals surface area contributed by atoms with Crippen LogP contribution in [0.15, 0.2) is 38.9 Å². The number of halogens is 1. The van der Waals surface area contributed by atoms with Gasteiger partial charge in [0, 0.05) is 36.7 Å². The van der Waals surface area contributed by atoms with Crippen LogP contribution in [0.4, 0.5) is 0 Å². The van der Waals surface area contributed by atoms with Crippen molar-refractivity contribution < 1.29 is 9.15 Å². The molecule has 9 heteroatoms. The van der Waals surface area contributed by atoms with Gasteiger partial charge in [-0.2, -0.15) is 0 Å². The Morgan fingerprint density at radius 1 is 1.12 bits per heavy atom. The Kier molecular flexibility index (Phi) is 6.40. The van der Waals surface area contributed by atoms with Crippen LogP contribution in [0, 0.1) is 13.8 Å². The van der Waals surface area contributed by atoms with Crippen LogP contribution in [0.3, 0.4) is 0 Å². The molecule has 0 bridgehead atoms. The molecule has 33 heavy (non-hydrogen) atoms. The minimum atomic E-state index is -0.149. The van der Waals surface area contributed by atoms with Gasteiger partial charge in [-0.3, -0.25) is 4.90 Å². The first-order valence-electron chi connectivity index (χ1n) is 11.7. The smallest absolute Gasteiger partial charge is 0.225 e. The average Bonchev–Trinajstić information content (AvgIpc) is 3.41. The van der Waals surface area contributed by atoms with Crippen molar-refractivity contribution in [1.82, 2.24) is 14.8 Å². The summed E-state index contributed by atoms with van der Waals surface area (Å²) in [4.78, 5) is 9.57. The maximum atomic E-state index is 6.29. The topological polar surface area (TPSA) is 92.5 Å². The number of rotatable bonds is 4. The predicted molar refractivity (Wildman–Crippen MR) is 129 cm³/mol. The SMILES string of the molecule is Cc1nc([C@H]2CN(C3CCN(C4=NN=C(N)C4)CC3)[C@@H](Cc3ccc(Cl)cc3)CO2)oc1C. The number of hydrogen-bond acceptors (Lipinski definition) is 8. The lowest BCUT2D eigenvalue weighted by Gasteiger charge is -2.46. The number of amidine groups is 2. The molecule has 0 amide bonds. The third-order valence-electron chi connectivity index (χ3n) is 6.97. The molecule has 8 nitrogen and oxygen atoms in total. The molecular weight excluding hydrogens is 440 g/mol. The number of benzene rings is 1. The van der Waals surface area contributed by atoms with E-state index in [1.54, 1.807) is 0 Å². The first kappa shape index (κ1) is 22.4. The quantitative estimate of drug-likeness (QED) is 0.735. The van der Waals surface area contributed by atoms with Gasteiger partial charge in [-0.05, 0) is 50.8 Å². The summed E-state index contributed by atoms with van der Waals surface area (Å²) in [5.41, 5.74) is 8.02. The molecule has 2 atom stereocenters. The van der Waals surface area contributed by atoms with E-state index < -0.39 is 0 Å². The van der Waals surface area contributed by atoms with Crippen LogP contribution >= 0.6 is 11.6 Å². The van der Waals surface area contributed by atoms with Crippen LogP contribution in [0.25, 0.3) is 0 Å². The zero-order valence-corrected chi connectivity index (χ0v) is 20.0. The van der Waals surface area contributed by atoms with Gasteiger partial charge in [-0.25, -0.2) is 4.98 Å². The molecule has 176 valence electrons. The van der Waals surface area contributed by atoms with Gasteiger partial charge < -0.3 is 19.8 Å². The molecule has 0 aliphatic carbocycles. The number of piperidine rings is 1. The van der Waals surface area contributed by atoms with Gasteiger partial charge >= 0.3 is 0 Å². The molecule has 2 N–H and O–H groups in total. The summed E-state index contributed by atoms with van der Waals surface area (Å²) in [5, 5.41) is 9.03. The Hall–Kier alpha value is -2.42. The fourth-order valence-corrected chi connectivity index (χ4v) is 5.13. The Morgan fingerprint density at radius 3 is 2.52 bits per heavy atom. The van der Waals surface area contributed by atoms with Gasteiger partial charge in [-0.1, -0.05) is 23.7 Å². The molecule has 2 aromatic rings. The van der Waals surface area contributed by atoms with E-state index in [0.29, 0.717) is 36.8 Å². The van der Waals surface area contributed by atoms with Crippen molar-refractivity contribution >= 4 is 23.3 Å². The molecule has 4 heterocycles. The number of ether oxygens (including phenoxy) is 1. The monoisotopic (exact) mass is 470 g/mol. The minimum absolute atomic E-state index is 0.149. The second-order valence-electron chi connectivity index (χ2n) is 9.20. The molecule has 1 aromatic heterocycles. The highest BCUT2D eigenvalue weighted by Gasteiger charge is 2.38. The maximum Gasteiger partial charge on any atom is 0.225 e. The molecule has 2 fully saturated rings. The normalized spacial score (nSPS) is 24.8. The van der Waals surface area contributed by atoms with E-state index in [1.165, 1.54) is 5.56 Å². The van der Waals surface area contributed by atoms with Crippen molar-refractivity contribution in [2.75, 3.05) is 26.2 Å². The summed E-state index contributed by atoms with van der Waals surface area (Å²) in [6.07, 6.45) is 3.56. The lowest BCUT2D eigenvalue weighted by Crippen LogP contribution is -2.55. The van der Waals surface area contributed by atoms with E-state index in [9.17, 15) is 0 Å². The lowest BCUT2D eigenvalue weighted by molar-refractivity contribution is -0.0956. The highest BCUT2D eigenvalue weighted by molar-refractivity contribution is 6.30. The Labute approximate surface area is 199 Å². The number of oxazole rings is 1. The minimum Gasteiger partial charge on any atom is -0.443 e. The summed E-state index contributed by atoms with van der Waals surface area (Å²) < 4.78 is 12.2. The van der Waals surface area contributed by atoms with E-state index in [1.807, 2.05) is 26.0 Å². The number of hydrogen-bond donors (Lipinski definition) is 1. The molecule has 3 aliphatic rings. The van der Waals surface area contributed by atoms with Crippen molar-refractivity contribution in [3.8, 4) is 0 Å². The van der Waals surface area contributed by atoms with E-state index in [0.717, 1.165) is 61.2 Å². The standard InChI is InChI=1S/C24H31ClN6O2/c1-15-16(2)33-24(27-15)21-13-31(20(14-32-21)11-17-3-5-18(25)6-4-17)19-7-9-30(10-8-19)23-12-22(26)28-29-23/h3-6,19-21H,7-14H2,1-2H3,(H2,26,28)/t20-,21+/m0/s1. The van der Waals surface area contributed by atoms with Gasteiger partial charge in [0.25, 0.3) is 0 Å². The number of morpholine rings is 1. The summed E-state index contributed by atoms with van der Waals surface area (Å²) >= 11 is 6.10. The predicted octanol–water partition coefficient (Wildman–Crippen LogP) is 3.47. The fourth-order valence-electron chi connectivity index (χ4n) is 5.00. The van der Waals surface area contributed by atoms with Crippen LogP contribution in [-0.4, -0.2) is 64.8 Å². The second kappa shape index (κ2) is 9.44. The first-order valence-corrected chi connectivity index (χ1v) is 12.0. The van der Waals surface area contributed by atoms with Crippen molar-refractivity contribution in [1.29, 1.82) is 0 Å². The summed E-state index contributed by atoms with van der Waals surface area (Å²) in [7, 11) is 0. The molecular formula is C24H31ClN6O2. The van der Waals surface area contributed by atoms with Crippen molar-refractivity contribution in [2.45, 2.75) is 57.7 Å². The molecule has 0 spiro atoms. The second-order valence-corrected chi connectivity index (χ2v) is 9.64. The maximum absolute atomic E-state index is 6.29. The highest BCUT2D eigenvalue weighted by Crippen LogP contribution is 2.31. The fraction of sp³-hybridized carbons (Fsp3) is 0.542. The Bertz CT molecular complexity index is 1020. The number of nitrogens with two attached hydrogens (primary N) is 1. The van der Waals surface area contributed by atoms with Gasteiger partial charge in [0.05, 0.1) is 18.7 Å². The number of aryl methyl sites for hydroxylation is 2. The number of aromatic nitrogens is 1. The summed E-state index contributed by atoms with van der Waals surface area (Å²) in [5.74, 6) is 3.14. The Morgan fingerprint density at radius 2 is 1.88 bits per heavy atom. The van der Waals surface area contributed by atoms with Crippen LogP contribution in [0.1, 0.15) is 48.3 Å². The zero-order valence-electron chi connectivity index (χ0n) is 19.2. The summed E-state index contributed by atoms with van der Waals surface area (Å²) in [6.45, 7) is 7.26. The number of nitrogens with zero attached hydrogens (tertiary/aromatic N) is 5. The van der Waals surface area contributed by atoms with Gasteiger partial charge in [0.15, 0.2) is 0 Å². The van der Waals surface area contributed by atoms with Crippen LogP contribution in [0.2, 0.25) is 5.02 Å². The van der Waals surface area contributed by atoms with E-state index in [4.69, 9.17) is 26.5 Å². The molecule has 0 unspecified atom stereocenters. The largest absolute Gasteiger partial charge is 0.443 e. The summed E-state index contributed by atoms with van der Waals surface area (Å²) in [6, 6.07) is 8.89. The molecule has 0 saturated carbocycles. The van der Waals surface area contributed by atoms with Crippen molar-refractivity contribution in [3.05, 3.63) is 52.2 Å². The molecule has 2 saturated heterocycles. The zero-order chi connectivity index (χ0) is 22.9.